The molecule has 2 aliphatic rings. The van der Waals surface area contributed by atoms with Crippen LogP contribution in [-0.4, -0.2) is 50.8 Å². The highest BCUT2D eigenvalue weighted by atomic mass is 16.5. The Hall–Kier alpha value is -0.120. The maximum absolute atomic E-state index is 5.37. The van der Waals surface area contributed by atoms with Crippen LogP contribution in [0.3, 0.4) is 0 Å². The highest BCUT2D eigenvalue weighted by Gasteiger charge is 2.16. The minimum Gasteiger partial charge on any atom is -0.381 e. The van der Waals surface area contributed by atoms with Crippen molar-refractivity contribution in [2.24, 2.45) is 11.8 Å². The van der Waals surface area contributed by atoms with E-state index in [-0.39, 0.29) is 0 Å². The molecule has 0 radical (unpaired) electrons. The van der Waals surface area contributed by atoms with Crippen LogP contribution in [0.15, 0.2) is 0 Å². The Labute approximate surface area is 106 Å². The van der Waals surface area contributed by atoms with Gasteiger partial charge in [0.25, 0.3) is 0 Å². The van der Waals surface area contributed by atoms with Crippen LogP contribution in [0.5, 0.6) is 0 Å². The summed E-state index contributed by atoms with van der Waals surface area (Å²) >= 11 is 0. The molecule has 0 aromatic heterocycles. The molecule has 0 aliphatic carbocycles. The van der Waals surface area contributed by atoms with Crippen LogP contribution in [0.4, 0.5) is 0 Å². The molecule has 17 heavy (non-hydrogen) atoms. The number of hydrogen-bond donors (Lipinski definition) is 1. The number of nitrogens with one attached hydrogen (secondary N) is 1. The summed E-state index contributed by atoms with van der Waals surface area (Å²) < 4.78 is 5.37. The van der Waals surface area contributed by atoms with Crippen molar-refractivity contribution in [3.8, 4) is 0 Å². The summed E-state index contributed by atoms with van der Waals surface area (Å²) in [5.74, 6) is 1.72. The molecule has 2 rings (SSSR count). The van der Waals surface area contributed by atoms with Crippen LogP contribution in [0.1, 0.15) is 32.6 Å². The van der Waals surface area contributed by atoms with Crippen molar-refractivity contribution in [1.29, 1.82) is 0 Å². The van der Waals surface area contributed by atoms with E-state index in [0.29, 0.717) is 0 Å². The quantitative estimate of drug-likeness (QED) is 0.716. The molecule has 0 aromatic rings. The van der Waals surface area contributed by atoms with Crippen molar-refractivity contribution in [2.75, 3.05) is 45.9 Å². The van der Waals surface area contributed by atoms with Gasteiger partial charge >= 0.3 is 0 Å². The van der Waals surface area contributed by atoms with Gasteiger partial charge in [0.1, 0.15) is 0 Å². The minimum atomic E-state index is 0.769. The van der Waals surface area contributed by atoms with E-state index in [1.165, 1.54) is 51.9 Å². The minimum absolute atomic E-state index is 0.769. The maximum atomic E-state index is 5.37. The zero-order chi connectivity index (χ0) is 11.9. The van der Waals surface area contributed by atoms with Gasteiger partial charge in [-0.05, 0) is 63.7 Å². The lowest BCUT2D eigenvalue weighted by Crippen LogP contribution is -2.35. The van der Waals surface area contributed by atoms with Crippen LogP contribution in [-0.2, 0) is 4.74 Å². The summed E-state index contributed by atoms with van der Waals surface area (Å²) in [5.41, 5.74) is 0. The average Bonchev–Trinajstić information content (AvgIpc) is 2.84. The first-order valence-corrected chi connectivity index (χ1v) is 7.35. The maximum Gasteiger partial charge on any atom is 0.0507 e. The van der Waals surface area contributed by atoms with E-state index in [1.807, 2.05) is 0 Å². The van der Waals surface area contributed by atoms with Crippen LogP contribution < -0.4 is 5.32 Å². The predicted molar refractivity (Wildman–Crippen MR) is 71.3 cm³/mol. The van der Waals surface area contributed by atoms with Gasteiger partial charge in [0, 0.05) is 13.2 Å². The van der Waals surface area contributed by atoms with Gasteiger partial charge in [-0.3, -0.25) is 0 Å². The molecule has 100 valence electrons. The van der Waals surface area contributed by atoms with E-state index >= 15 is 0 Å². The van der Waals surface area contributed by atoms with E-state index in [1.54, 1.807) is 0 Å². The summed E-state index contributed by atoms with van der Waals surface area (Å²) in [5, 5.41) is 3.57. The van der Waals surface area contributed by atoms with Crippen molar-refractivity contribution in [3.63, 3.8) is 0 Å². The van der Waals surface area contributed by atoms with E-state index in [9.17, 15) is 0 Å². The van der Waals surface area contributed by atoms with E-state index < -0.39 is 0 Å². The first kappa shape index (κ1) is 13.3. The normalized spacial score (nSPS) is 27.7. The molecule has 0 aromatic carbocycles. The van der Waals surface area contributed by atoms with Crippen LogP contribution >= 0.6 is 0 Å². The number of likely N-dealkylation sites (tertiary alicyclic amines) is 1. The lowest BCUT2D eigenvalue weighted by atomic mass is 9.99. The van der Waals surface area contributed by atoms with Gasteiger partial charge in [-0.1, -0.05) is 6.92 Å². The van der Waals surface area contributed by atoms with Gasteiger partial charge in [0.15, 0.2) is 0 Å². The second kappa shape index (κ2) is 7.34. The van der Waals surface area contributed by atoms with Crippen molar-refractivity contribution in [2.45, 2.75) is 32.6 Å². The van der Waals surface area contributed by atoms with E-state index in [0.717, 1.165) is 31.6 Å². The molecule has 2 saturated heterocycles. The summed E-state index contributed by atoms with van der Waals surface area (Å²) in [7, 11) is 0. The third-order valence-electron chi connectivity index (χ3n) is 4.16. The molecule has 0 bridgehead atoms. The van der Waals surface area contributed by atoms with Crippen LogP contribution in [0, 0.1) is 11.8 Å². The fourth-order valence-corrected chi connectivity index (χ4v) is 2.76. The van der Waals surface area contributed by atoms with Gasteiger partial charge in [-0.25, -0.2) is 0 Å². The Morgan fingerprint density at radius 2 is 2.06 bits per heavy atom. The summed E-state index contributed by atoms with van der Waals surface area (Å²) in [6.45, 7) is 10.5. The summed E-state index contributed by atoms with van der Waals surface area (Å²) in [4.78, 5) is 2.63. The van der Waals surface area contributed by atoms with Crippen molar-refractivity contribution in [3.05, 3.63) is 0 Å². The molecule has 1 unspecified atom stereocenters. The average molecular weight is 240 g/mol. The van der Waals surface area contributed by atoms with Gasteiger partial charge in [-0.2, -0.15) is 0 Å². The molecule has 2 aliphatic heterocycles. The SMILES string of the molecule is CC1CCN(CCCNCC2CCOC2)CC1. The molecule has 2 fully saturated rings. The van der Waals surface area contributed by atoms with Crippen molar-refractivity contribution < 1.29 is 4.74 Å². The molecule has 3 nitrogen and oxygen atoms in total. The second-order valence-corrected chi connectivity index (χ2v) is 5.81. The number of piperidine rings is 1. The first-order valence-electron chi connectivity index (χ1n) is 7.35. The van der Waals surface area contributed by atoms with Crippen molar-refractivity contribution >= 4 is 0 Å². The van der Waals surface area contributed by atoms with E-state index in [2.05, 4.69) is 17.1 Å². The molecule has 0 amide bonds. The highest BCUT2D eigenvalue weighted by molar-refractivity contribution is 4.70. The number of hydrogen-bond acceptors (Lipinski definition) is 3. The lowest BCUT2D eigenvalue weighted by Gasteiger charge is -2.30. The van der Waals surface area contributed by atoms with Crippen LogP contribution in [0.25, 0.3) is 0 Å². The Morgan fingerprint density at radius 1 is 1.24 bits per heavy atom. The van der Waals surface area contributed by atoms with Gasteiger partial charge in [-0.15, -0.1) is 0 Å². The Balaban J connectivity index is 1.43. The third-order valence-corrected chi connectivity index (χ3v) is 4.16. The zero-order valence-electron chi connectivity index (χ0n) is 11.3. The molecule has 1 atom stereocenters. The molecule has 1 N–H and O–H groups in total. The predicted octanol–water partition coefficient (Wildman–Crippen LogP) is 1.73. The Bertz CT molecular complexity index is 196. The molecule has 2 heterocycles. The van der Waals surface area contributed by atoms with Gasteiger partial charge in [0.2, 0.25) is 0 Å². The zero-order valence-corrected chi connectivity index (χ0v) is 11.3. The largest absolute Gasteiger partial charge is 0.381 e. The number of rotatable bonds is 6. The smallest absolute Gasteiger partial charge is 0.0507 e. The first-order chi connectivity index (χ1) is 8.34. The molecular weight excluding hydrogens is 212 g/mol. The standard InChI is InChI=1S/C14H28N2O/c1-13-3-8-16(9-4-13)7-2-6-15-11-14-5-10-17-12-14/h13-15H,2-12H2,1H3. The fourth-order valence-electron chi connectivity index (χ4n) is 2.76. The van der Waals surface area contributed by atoms with Gasteiger partial charge < -0.3 is 15.0 Å². The Morgan fingerprint density at radius 3 is 2.76 bits per heavy atom. The number of ether oxygens (including phenoxy) is 1. The van der Waals surface area contributed by atoms with E-state index in [4.69, 9.17) is 4.74 Å². The molecule has 0 spiro atoms. The summed E-state index contributed by atoms with van der Waals surface area (Å²) in [6.07, 6.45) is 5.33. The molecule has 0 saturated carbocycles. The fraction of sp³-hybridized carbons (Fsp3) is 1.00. The molecule has 3 heteroatoms. The van der Waals surface area contributed by atoms with Crippen molar-refractivity contribution in [1.82, 2.24) is 10.2 Å². The van der Waals surface area contributed by atoms with Gasteiger partial charge in [0.05, 0.1) is 6.61 Å². The summed E-state index contributed by atoms with van der Waals surface area (Å²) in [6, 6.07) is 0. The molecular formula is C14H28N2O. The third kappa shape index (κ3) is 4.94. The van der Waals surface area contributed by atoms with Crippen LogP contribution in [0.2, 0.25) is 0 Å². The number of nitrogens with zero attached hydrogens (tertiary/aromatic N) is 1. The lowest BCUT2D eigenvalue weighted by molar-refractivity contribution is 0.183. The highest BCUT2D eigenvalue weighted by Crippen LogP contribution is 2.15. The monoisotopic (exact) mass is 240 g/mol. The Kier molecular flexibility index (Phi) is 5.75. The second-order valence-electron chi connectivity index (χ2n) is 5.81. The topological polar surface area (TPSA) is 24.5 Å².